The van der Waals surface area contributed by atoms with Crippen LogP contribution in [0.2, 0.25) is 5.02 Å². The number of benzene rings is 1. The highest BCUT2D eigenvalue weighted by Crippen LogP contribution is 2.25. The van der Waals surface area contributed by atoms with Crippen LogP contribution < -0.4 is 5.32 Å². The molecule has 1 atom stereocenters. The smallest absolute Gasteiger partial charge is 0.307 e. The summed E-state index contributed by atoms with van der Waals surface area (Å²) >= 11 is 6.12. The van der Waals surface area contributed by atoms with Gasteiger partial charge in [-0.3, -0.25) is 9.59 Å². The maximum absolute atomic E-state index is 11.8. The zero-order chi connectivity index (χ0) is 15.1. The molecular formula is C15H18ClNO3. The topological polar surface area (TPSA) is 55.4 Å². The maximum atomic E-state index is 11.8. The monoisotopic (exact) mass is 295 g/mol. The molecule has 1 amide bonds. The standard InChI is InChI=1S/C15H18ClNO3/c1-10(2)8-14(18)17-13(9-15(19)20-3)11-6-4-5-7-12(11)16/h4-8,13H,9H2,1-3H3,(H,17,18)/t13-/m0/s1. The number of methoxy groups -OCH3 is 1. The maximum Gasteiger partial charge on any atom is 0.307 e. The van der Waals surface area contributed by atoms with Crippen LogP contribution in [0, 0.1) is 0 Å². The van der Waals surface area contributed by atoms with Crippen molar-refractivity contribution >= 4 is 23.5 Å². The average molecular weight is 296 g/mol. The van der Waals surface area contributed by atoms with E-state index in [2.05, 4.69) is 10.1 Å². The zero-order valence-corrected chi connectivity index (χ0v) is 12.5. The van der Waals surface area contributed by atoms with Crippen LogP contribution in [0.1, 0.15) is 31.9 Å². The van der Waals surface area contributed by atoms with Gasteiger partial charge in [-0.25, -0.2) is 0 Å². The van der Waals surface area contributed by atoms with Crippen LogP contribution in [0.4, 0.5) is 0 Å². The molecule has 5 heteroatoms. The lowest BCUT2D eigenvalue weighted by atomic mass is 10.0. The van der Waals surface area contributed by atoms with Crippen LogP contribution in [0.25, 0.3) is 0 Å². The summed E-state index contributed by atoms with van der Waals surface area (Å²) in [5.74, 6) is -0.675. The van der Waals surface area contributed by atoms with Crippen molar-refractivity contribution in [2.45, 2.75) is 26.3 Å². The number of ether oxygens (including phenoxy) is 1. The molecule has 0 aliphatic carbocycles. The van der Waals surface area contributed by atoms with Gasteiger partial charge < -0.3 is 10.1 Å². The van der Waals surface area contributed by atoms with E-state index in [-0.39, 0.29) is 12.3 Å². The first-order valence-electron chi connectivity index (χ1n) is 6.20. The first-order valence-corrected chi connectivity index (χ1v) is 6.58. The highest BCUT2D eigenvalue weighted by Gasteiger charge is 2.20. The minimum atomic E-state index is -0.515. The molecule has 0 spiro atoms. The number of nitrogens with one attached hydrogen (secondary N) is 1. The molecule has 0 aliphatic rings. The van der Waals surface area contributed by atoms with Gasteiger partial charge in [-0.15, -0.1) is 0 Å². The normalized spacial score (nSPS) is 11.4. The van der Waals surface area contributed by atoms with Gasteiger partial charge in [0.2, 0.25) is 5.91 Å². The van der Waals surface area contributed by atoms with Crippen molar-refractivity contribution in [1.29, 1.82) is 0 Å². The number of carbonyl (C=O) groups is 2. The Balaban J connectivity index is 2.97. The van der Waals surface area contributed by atoms with E-state index in [1.54, 1.807) is 24.3 Å². The van der Waals surface area contributed by atoms with Crippen LogP contribution >= 0.6 is 11.6 Å². The molecule has 0 fully saturated rings. The molecular weight excluding hydrogens is 278 g/mol. The Morgan fingerprint density at radius 3 is 2.55 bits per heavy atom. The van der Waals surface area contributed by atoms with Crippen LogP contribution in [0.5, 0.6) is 0 Å². The summed E-state index contributed by atoms with van der Waals surface area (Å²) in [5.41, 5.74) is 1.56. The average Bonchev–Trinajstić information content (AvgIpc) is 2.37. The summed E-state index contributed by atoms with van der Waals surface area (Å²) in [6, 6.07) is 6.57. The van der Waals surface area contributed by atoms with E-state index >= 15 is 0 Å². The second-order valence-electron chi connectivity index (χ2n) is 4.58. The molecule has 1 N–H and O–H groups in total. The van der Waals surface area contributed by atoms with E-state index in [9.17, 15) is 9.59 Å². The number of hydrogen-bond donors (Lipinski definition) is 1. The summed E-state index contributed by atoms with van der Waals surface area (Å²) < 4.78 is 4.66. The number of rotatable bonds is 5. The summed E-state index contributed by atoms with van der Waals surface area (Å²) in [6.45, 7) is 3.65. The quantitative estimate of drug-likeness (QED) is 0.671. The number of hydrogen-bond acceptors (Lipinski definition) is 3. The summed E-state index contributed by atoms with van der Waals surface area (Å²) in [6.07, 6.45) is 1.50. The summed E-state index contributed by atoms with van der Waals surface area (Å²) in [7, 11) is 1.31. The zero-order valence-electron chi connectivity index (χ0n) is 11.8. The Hall–Kier alpha value is -1.81. The van der Waals surface area contributed by atoms with Gasteiger partial charge in [0.25, 0.3) is 0 Å². The van der Waals surface area contributed by atoms with Crippen LogP contribution in [-0.2, 0) is 14.3 Å². The second-order valence-corrected chi connectivity index (χ2v) is 4.99. The molecule has 0 bridgehead atoms. The van der Waals surface area contributed by atoms with Crippen molar-refractivity contribution < 1.29 is 14.3 Å². The molecule has 0 unspecified atom stereocenters. The number of halogens is 1. The fourth-order valence-electron chi connectivity index (χ4n) is 1.72. The van der Waals surface area contributed by atoms with E-state index in [1.807, 2.05) is 13.8 Å². The van der Waals surface area contributed by atoms with E-state index in [1.165, 1.54) is 13.2 Å². The highest BCUT2D eigenvalue weighted by molar-refractivity contribution is 6.31. The first kappa shape index (κ1) is 16.2. The van der Waals surface area contributed by atoms with E-state index in [0.29, 0.717) is 10.6 Å². The molecule has 0 aromatic heterocycles. The lowest BCUT2D eigenvalue weighted by Crippen LogP contribution is -2.29. The number of esters is 1. The SMILES string of the molecule is COC(=O)C[C@H](NC(=O)C=C(C)C)c1ccccc1Cl. The summed E-state index contributed by atoms with van der Waals surface area (Å²) in [5, 5.41) is 3.27. The third kappa shape index (κ3) is 5.05. The Morgan fingerprint density at radius 2 is 2.00 bits per heavy atom. The molecule has 4 nitrogen and oxygen atoms in total. The number of carbonyl (C=O) groups excluding carboxylic acids is 2. The molecule has 1 aromatic rings. The fourth-order valence-corrected chi connectivity index (χ4v) is 1.99. The Kier molecular flexibility index (Phi) is 6.25. The minimum Gasteiger partial charge on any atom is -0.469 e. The van der Waals surface area contributed by atoms with Crippen molar-refractivity contribution in [3.8, 4) is 0 Å². The van der Waals surface area contributed by atoms with Gasteiger partial charge in [0, 0.05) is 11.1 Å². The first-order chi connectivity index (χ1) is 9.43. The molecule has 0 heterocycles. The molecule has 108 valence electrons. The highest BCUT2D eigenvalue weighted by atomic mass is 35.5. The van der Waals surface area contributed by atoms with Gasteiger partial charge in [-0.1, -0.05) is 35.4 Å². The van der Waals surface area contributed by atoms with Gasteiger partial charge in [0.1, 0.15) is 0 Å². The van der Waals surface area contributed by atoms with Crippen LogP contribution in [0.15, 0.2) is 35.9 Å². The van der Waals surface area contributed by atoms with Gasteiger partial charge >= 0.3 is 5.97 Å². The third-order valence-corrected chi connectivity index (χ3v) is 2.96. The lowest BCUT2D eigenvalue weighted by Gasteiger charge is -2.18. The van der Waals surface area contributed by atoms with Crippen molar-refractivity contribution in [1.82, 2.24) is 5.32 Å². The lowest BCUT2D eigenvalue weighted by molar-refractivity contribution is -0.141. The van der Waals surface area contributed by atoms with Gasteiger partial charge in [0.15, 0.2) is 0 Å². The molecule has 1 rings (SSSR count). The second kappa shape index (κ2) is 7.70. The van der Waals surface area contributed by atoms with Gasteiger partial charge in [0.05, 0.1) is 19.6 Å². The van der Waals surface area contributed by atoms with Crippen molar-refractivity contribution in [2.75, 3.05) is 7.11 Å². The molecule has 0 radical (unpaired) electrons. The number of amides is 1. The molecule has 0 saturated heterocycles. The predicted molar refractivity (Wildman–Crippen MR) is 78.4 cm³/mol. The minimum absolute atomic E-state index is 0.0303. The van der Waals surface area contributed by atoms with Crippen LogP contribution in [-0.4, -0.2) is 19.0 Å². The van der Waals surface area contributed by atoms with E-state index in [0.717, 1.165) is 5.57 Å². The number of allylic oxidation sites excluding steroid dienone is 1. The van der Waals surface area contributed by atoms with Gasteiger partial charge in [-0.2, -0.15) is 0 Å². The largest absolute Gasteiger partial charge is 0.469 e. The van der Waals surface area contributed by atoms with Crippen molar-refractivity contribution in [2.24, 2.45) is 0 Å². The Bertz CT molecular complexity index is 522. The fraction of sp³-hybridized carbons (Fsp3) is 0.333. The third-order valence-electron chi connectivity index (χ3n) is 2.62. The molecule has 20 heavy (non-hydrogen) atoms. The summed E-state index contributed by atoms with van der Waals surface area (Å²) in [4.78, 5) is 23.3. The van der Waals surface area contributed by atoms with E-state index in [4.69, 9.17) is 11.6 Å². The van der Waals surface area contributed by atoms with Gasteiger partial charge in [-0.05, 0) is 25.5 Å². The van der Waals surface area contributed by atoms with Crippen LogP contribution in [0.3, 0.4) is 0 Å². The van der Waals surface area contributed by atoms with E-state index < -0.39 is 12.0 Å². The van der Waals surface area contributed by atoms with Crippen molar-refractivity contribution in [3.63, 3.8) is 0 Å². The molecule has 0 saturated carbocycles. The Morgan fingerprint density at radius 1 is 1.35 bits per heavy atom. The molecule has 0 aliphatic heterocycles. The molecule has 1 aromatic carbocycles. The Labute approximate surface area is 123 Å². The predicted octanol–water partition coefficient (Wildman–Crippen LogP) is 3.03. The van der Waals surface area contributed by atoms with Crippen molar-refractivity contribution in [3.05, 3.63) is 46.5 Å².